The second kappa shape index (κ2) is 6.76. The van der Waals surface area contributed by atoms with Gasteiger partial charge in [0.15, 0.2) is 0 Å². The Bertz CT molecular complexity index is 955. The molecule has 1 aromatic carbocycles. The lowest BCUT2D eigenvalue weighted by Crippen LogP contribution is -2.49. The molecule has 2 aliphatic heterocycles. The third-order valence-corrected chi connectivity index (χ3v) is 7.37. The predicted molar refractivity (Wildman–Crippen MR) is 99.2 cm³/mol. The molecule has 0 saturated carbocycles. The quantitative estimate of drug-likeness (QED) is 0.785. The summed E-state index contributed by atoms with van der Waals surface area (Å²) >= 11 is 0. The average Bonchev–Trinajstić information content (AvgIpc) is 3.27. The SMILES string of the molecule is CCCS(=O)(=O)N1CC2C(C1)n1cccc1C(=O)N2Cc1ccc(F)cc1. The van der Waals surface area contributed by atoms with Gasteiger partial charge in [-0.25, -0.2) is 12.8 Å². The Morgan fingerprint density at radius 2 is 1.81 bits per heavy atom. The van der Waals surface area contributed by atoms with E-state index in [2.05, 4.69) is 0 Å². The van der Waals surface area contributed by atoms with Crippen LogP contribution in [0.1, 0.15) is 35.4 Å². The summed E-state index contributed by atoms with van der Waals surface area (Å²) in [5.74, 6) is -0.342. The molecule has 3 heterocycles. The second-order valence-corrected chi connectivity index (χ2v) is 9.22. The van der Waals surface area contributed by atoms with E-state index in [-0.39, 0.29) is 36.1 Å². The van der Waals surface area contributed by atoms with Crippen LogP contribution >= 0.6 is 0 Å². The van der Waals surface area contributed by atoms with Crippen molar-refractivity contribution in [1.82, 2.24) is 13.8 Å². The molecule has 4 rings (SSSR count). The van der Waals surface area contributed by atoms with Gasteiger partial charge in [-0.05, 0) is 36.2 Å². The number of carbonyl (C=O) groups excluding carboxylic acids is 1. The van der Waals surface area contributed by atoms with Gasteiger partial charge in [0.1, 0.15) is 11.5 Å². The standard InChI is InChI=1S/C19H22FN3O3S/c1-2-10-27(25,26)21-12-17-18(13-21)23(11-14-5-7-15(20)8-6-14)19(24)16-4-3-9-22(16)17/h3-9,17-18H,2,10-13H2,1H3. The molecule has 2 aromatic rings. The molecule has 1 saturated heterocycles. The first-order chi connectivity index (χ1) is 12.9. The van der Waals surface area contributed by atoms with E-state index < -0.39 is 10.0 Å². The van der Waals surface area contributed by atoms with Gasteiger partial charge in [-0.1, -0.05) is 19.1 Å². The minimum absolute atomic E-state index is 0.108. The molecule has 2 unspecified atom stereocenters. The zero-order valence-electron chi connectivity index (χ0n) is 15.1. The number of aromatic nitrogens is 1. The van der Waals surface area contributed by atoms with Crippen LogP contribution in [0.5, 0.6) is 0 Å². The maximum absolute atomic E-state index is 13.2. The molecule has 2 aliphatic rings. The average molecular weight is 391 g/mol. The fourth-order valence-electron chi connectivity index (χ4n) is 4.07. The van der Waals surface area contributed by atoms with Crippen molar-refractivity contribution in [2.45, 2.75) is 32.0 Å². The first-order valence-electron chi connectivity index (χ1n) is 9.11. The predicted octanol–water partition coefficient (Wildman–Crippen LogP) is 2.25. The van der Waals surface area contributed by atoms with Gasteiger partial charge in [-0.3, -0.25) is 4.79 Å². The highest BCUT2D eigenvalue weighted by Gasteiger charge is 2.47. The molecule has 0 N–H and O–H groups in total. The summed E-state index contributed by atoms with van der Waals surface area (Å²) in [6.45, 7) is 2.82. The molecular weight excluding hydrogens is 369 g/mol. The highest BCUT2D eigenvalue weighted by Crippen LogP contribution is 2.35. The fraction of sp³-hybridized carbons (Fsp3) is 0.421. The van der Waals surface area contributed by atoms with Gasteiger partial charge in [0.25, 0.3) is 5.91 Å². The van der Waals surface area contributed by atoms with Crippen molar-refractivity contribution < 1.29 is 17.6 Å². The molecule has 2 atom stereocenters. The van der Waals surface area contributed by atoms with Gasteiger partial charge >= 0.3 is 0 Å². The molecular formula is C19H22FN3O3S. The monoisotopic (exact) mass is 391 g/mol. The molecule has 27 heavy (non-hydrogen) atoms. The topological polar surface area (TPSA) is 62.6 Å². The van der Waals surface area contributed by atoms with Crippen molar-refractivity contribution in [3.05, 3.63) is 59.7 Å². The molecule has 1 fully saturated rings. The summed E-state index contributed by atoms with van der Waals surface area (Å²) in [6.07, 6.45) is 2.40. The number of fused-ring (bicyclic) bond motifs is 3. The van der Waals surface area contributed by atoms with Crippen molar-refractivity contribution in [1.29, 1.82) is 0 Å². The van der Waals surface area contributed by atoms with Crippen LogP contribution in [0.25, 0.3) is 0 Å². The van der Waals surface area contributed by atoms with Crippen molar-refractivity contribution >= 4 is 15.9 Å². The summed E-state index contributed by atoms with van der Waals surface area (Å²) in [5, 5.41) is 0. The molecule has 0 spiro atoms. The van der Waals surface area contributed by atoms with E-state index in [1.165, 1.54) is 16.4 Å². The van der Waals surface area contributed by atoms with E-state index in [0.29, 0.717) is 25.2 Å². The largest absolute Gasteiger partial charge is 0.337 e. The number of hydrogen-bond donors (Lipinski definition) is 0. The Hall–Kier alpha value is -2.19. The van der Waals surface area contributed by atoms with Crippen molar-refractivity contribution in [3.8, 4) is 0 Å². The molecule has 1 aromatic heterocycles. The number of halogens is 1. The molecule has 0 bridgehead atoms. The minimum Gasteiger partial charge on any atom is -0.337 e. The van der Waals surface area contributed by atoms with Crippen LogP contribution < -0.4 is 0 Å². The molecule has 0 aliphatic carbocycles. The molecule has 1 amide bonds. The second-order valence-electron chi connectivity index (χ2n) is 7.13. The third-order valence-electron chi connectivity index (χ3n) is 5.36. The summed E-state index contributed by atoms with van der Waals surface area (Å²) in [4.78, 5) is 14.8. The summed E-state index contributed by atoms with van der Waals surface area (Å²) in [5.41, 5.74) is 1.38. The van der Waals surface area contributed by atoms with Crippen LogP contribution in [0, 0.1) is 5.82 Å². The van der Waals surface area contributed by atoms with E-state index in [4.69, 9.17) is 0 Å². The maximum atomic E-state index is 13.2. The lowest BCUT2D eigenvalue weighted by molar-refractivity contribution is 0.0559. The van der Waals surface area contributed by atoms with E-state index in [9.17, 15) is 17.6 Å². The van der Waals surface area contributed by atoms with Crippen LogP contribution in [-0.2, 0) is 16.6 Å². The van der Waals surface area contributed by atoms with E-state index in [1.54, 1.807) is 23.1 Å². The summed E-state index contributed by atoms with van der Waals surface area (Å²) in [6, 6.07) is 9.29. The van der Waals surface area contributed by atoms with E-state index in [0.717, 1.165) is 5.56 Å². The highest BCUT2D eigenvalue weighted by atomic mass is 32.2. The van der Waals surface area contributed by atoms with Crippen LogP contribution in [0.15, 0.2) is 42.6 Å². The van der Waals surface area contributed by atoms with Crippen LogP contribution in [0.2, 0.25) is 0 Å². The van der Waals surface area contributed by atoms with Gasteiger partial charge in [0.05, 0.1) is 17.8 Å². The number of hydrogen-bond acceptors (Lipinski definition) is 3. The van der Waals surface area contributed by atoms with Gasteiger partial charge in [0, 0.05) is 25.8 Å². The van der Waals surface area contributed by atoms with Crippen molar-refractivity contribution in [3.63, 3.8) is 0 Å². The van der Waals surface area contributed by atoms with Crippen LogP contribution in [-0.4, -0.2) is 53.0 Å². The van der Waals surface area contributed by atoms with Gasteiger partial charge in [-0.2, -0.15) is 4.31 Å². The van der Waals surface area contributed by atoms with Crippen molar-refractivity contribution in [2.75, 3.05) is 18.8 Å². The third kappa shape index (κ3) is 3.17. The smallest absolute Gasteiger partial charge is 0.271 e. The number of rotatable bonds is 5. The lowest BCUT2D eigenvalue weighted by atomic mass is 10.0. The summed E-state index contributed by atoms with van der Waals surface area (Å²) in [7, 11) is -3.34. The number of benzene rings is 1. The van der Waals surface area contributed by atoms with Crippen molar-refractivity contribution in [2.24, 2.45) is 0 Å². The molecule has 0 radical (unpaired) electrons. The zero-order chi connectivity index (χ0) is 19.2. The van der Waals surface area contributed by atoms with Gasteiger partial charge in [-0.15, -0.1) is 0 Å². The summed E-state index contributed by atoms with van der Waals surface area (Å²) < 4.78 is 41.8. The Morgan fingerprint density at radius 1 is 1.11 bits per heavy atom. The molecule has 6 nitrogen and oxygen atoms in total. The van der Waals surface area contributed by atoms with E-state index in [1.807, 2.05) is 23.8 Å². The minimum atomic E-state index is -3.34. The molecule has 8 heteroatoms. The lowest BCUT2D eigenvalue weighted by Gasteiger charge is -2.38. The first-order valence-corrected chi connectivity index (χ1v) is 10.7. The normalized spacial score (nSPS) is 22.7. The van der Waals surface area contributed by atoms with E-state index >= 15 is 0 Å². The fourth-order valence-corrected chi connectivity index (χ4v) is 5.60. The number of nitrogens with zero attached hydrogens (tertiary/aromatic N) is 3. The number of sulfonamides is 1. The maximum Gasteiger partial charge on any atom is 0.271 e. The Labute approximate surface area is 158 Å². The van der Waals surface area contributed by atoms with Crippen LogP contribution in [0.3, 0.4) is 0 Å². The Kier molecular flexibility index (Phi) is 4.55. The highest BCUT2D eigenvalue weighted by molar-refractivity contribution is 7.89. The van der Waals surface area contributed by atoms with Gasteiger partial charge in [0.2, 0.25) is 10.0 Å². The number of carbonyl (C=O) groups is 1. The van der Waals surface area contributed by atoms with Gasteiger partial charge < -0.3 is 9.47 Å². The Morgan fingerprint density at radius 3 is 2.52 bits per heavy atom. The number of amides is 1. The molecule has 144 valence electrons. The Balaban J connectivity index is 1.68. The first kappa shape index (κ1) is 18.2. The van der Waals surface area contributed by atoms with Crippen LogP contribution in [0.4, 0.5) is 4.39 Å². The zero-order valence-corrected chi connectivity index (χ0v) is 15.9.